The number of carbonyl (C=O) groups is 1. The van der Waals surface area contributed by atoms with Crippen LogP contribution in [0.15, 0.2) is 48.8 Å². The Morgan fingerprint density at radius 2 is 1.96 bits per heavy atom. The second-order valence-corrected chi connectivity index (χ2v) is 5.39. The first-order valence-corrected chi connectivity index (χ1v) is 7.09. The van der Waals surface area contributed by atoms with Crippen molar-refractivity contribution >= 4 is 11.6 Å². The van der Waals surface area contributed by atoms with Gasteiger partial charge in [-0.25, -0.2) is 0 Å². The van der Waals surface area contributed by atoms with Crippen LogP contribution in [0.25, 0.3) is 0 Å². The predicted octanol–water partition coefficient (Wildman–Crippen LogP) is 3.35. The number of pyridine rings is 1. The quantitative estimate of drug-likeness (QED) is 0.849. The molecule has 3 rings (SSSR count). The summed E-state index contributed by atoms with van der Waals surface area (Å²) in [6.45, 7) is 0. The largest absolute Gasteiger partial charge is 0.418 e. The summed E-state index contributed by atoms with van der Waals surface area (Å²) in [5, 5.41) is 0. The molecule has 120 valence electrons. The average molecular weight is 321 g/mol. The Morgan fingerprint density at radius 1 is 1.17 bits per heavy atom. The van der Waals surface area contributed by atoms with E-state index in [0.717, 1.165) is 11.6 Å². The summed E-state index contributed by atoms with van der Waals surface area (Å²) in [5.41, 5.74) is 4.71. The highest BCUT2D eigenvalue weighted by atomic mass is 19.4. The van der Waals surface area contributed by atoms with Crippen LogP contribution in [0.3, 0.4) is 0 Å². The number of carbonyl (C=O) groups excluding carboxylic acids is 1. The van der Waals surface area contributed by atoms with Crippen molar-refractivity contribution in [1.82, 2.24) is 10.4 Å². The molecule has 1 aromatic carbocycles. The number of benzene rings is 1. The fraction of sp³-hybridized carbons (Fsp3) is 0.250. The van der Waals surface area contributed by atoms with Crippen LogP contribution in [0.5, 0.6) is 0 Å². The third-order valence-electron chi connectivity index (χ3n) is 3.79. The predicted molar refractivity (Wildman–Crippen MR) is 78.3 cm³/mol. The Labute approximate surface area is 130 Å². The van der Waals surface area contributed by atoms with Crippen molar-refractivity contribution in [2.45, 2.75) is 18.5 Å². The molecule has 2 atom stereocenters. The number of anilines is 1. The molecule has 0 spiro atoms. The molecule has 1 aliphatic carbocycles. The number of para-hydroxylation sites is 1. The number of hydrazine groups is 1. The van der Waals surface area contributed by atoms with Crippen molar-refractivity contribution < 1.29 is 18.0 Å². The molecule has 23 heavy (non-hydrogen) atoms. The van der Waals surface area contributed by atoms with Gasteiger partial charge in [-0.05, 0) is 36.1 Å². The van der Waals surface area contributed by atoms with Gasteiger partial charge in [0, 0.05) is 18.3 Å². The zero-order valence-corrected chi connectivity index (χ0v) is 12.0. The zero-order valence-electron chi connectivity index (χ0n) is 12.0. The molecule has 0 unspecified atom stereocenters. The normalized spacial score (nSPS) is 20.0. The first-order chi connectivity index (χ1) is 11.0. The van der Waals surface area contributed by atoms with Crippen molar-refractivity contribution in [3.63, 3.8) is 0 Å². The van der Waals surface area contributed by atoms with Crippen LogP contribution >= 0.6 is 0 Å². The highest BCUT2D eigenvalue weighted by Crippen LogP contribution is 2.47. The molecule has 1 heterocycles. The summed E-state index contributed by atoms with van der Waals surface area (Å²) >= 11 is 0. The molecule has 4 nitrogen and oxygen atoms in total. The number of hydrogen-bond donors (Lipinski definition) is 2. The topological polar surface area (TPSA) is 54.0 Å². The smallest absolute Gasteiger partial charge is 0.298 e. The minimum absolute atomic E-state index is 0.0726. The second kappa shape index (κ2) is 5.91. The average Bonchev–Trinajstić information content (AvgIpc) is 3.33. The Bertz CT molecular complexity index is 703. The molecular weight excluding hydrogens is 307 g/mol. The van der Waals surface area contributed by atoms with Gasteiger partial charge in [-0.3, -0.25) is 20.6 Å². The van der Waals surface area contributed by atoms with E-state index < -0.39 is 11.7 Å². The Kier molecular flexibility index (Phi) is 3.94. The monoisotopic (exact) mass is 321 g/mol. The maximum atomic E-state index is 12.9. The van der Waals surface area contributed by atoms with Gasteiger partial charge >= 0.3 is 6.18 Å². The van der Waals surface area contributed by atoms with E-state index >= 15 is 0 Å². The molecule has 1 aromatic heterocycles. The van der Waals surface area contributed by atoms with E-state index in [2.05, 4.69) is 15.8 Å². The maximum Gasteiger partial charge on any atom is 0.418 e. The van der Waals surface area contributed by atoms with E-state index in [1.807, 2.05) is 6.07 Å². The lowest BCUT2D eigenvalue weighted by atomic mass is 10.1. The van der Waals surface area contributed by atoms with E-state index in [4.69, 9.17) is 0 Å². The fourth-order valence-corrected chi connectivity index (χ4v) is 2.51. The number of amides is 1. The highest BCUT2D eigenvalue weighted by molar-refractivity contribution is 5.84. The SMILES string of the molecule is O=C(NNc1ccccc1C(F)(F)F)[C@H]1C[C@H]1c1cccnc1. The molecule has 0 saturated heterocycles. The van der Waals surface area contributed by atoms with Gasteiger partial charge in [-0.2, -0.15) is 13.2 Å². The van der Waals surface area contributed by atoms with Crippen molar-refractivity contribution in [3.8, 4) is 0 Å². The fourth-order valence-electron chi connectivity index (χ4n) is 2.51. The van der Waals surface area contributed by atoms with Gasteiger partial charge in [-0.15, -0.1) is 0 Å². The van der Waals surface area contributed by atoms with E-state index in [9.17, 15) is 18.0 Å². The van der Waals surface area contributed by atoms with Gasteiger partial charge in [0.1, 0.15) is 0 Å². The maximum absolute atomic E-state index is 12.9. The molecule has 1 amide bonds. The van der Waals surface area contributed by atoms with Crippen LogP contribution in [-0.4, -0.2) is 10.9 Å². The number of nitrogens with one attached hydrogen (secondary N) is 2. The van der Waals surface area contributed by atoms with Gasteiger partial charge < -0.3 is 0 Å². The van der Waals surface area contributed by atoms with Crippen LogP contribution in [0.4, 0.5) is 18.9 Å². The third kappa shape index (κ3) is 3.44. The summed E-state index contributed by atoms with van der Waals surface area (Å²) in [6, 6.07) is 8.69. The zero-order chi connectivity index (χ0) is 16.4. The van der Waals surface area contributed by atoms with E-state index in [0.29, 0.717) is 6.42 Å². The number of hydrogen-bond acceptors (Lipinski definition) is 3. The van der Waals surface area contributed by atoms with Gasteiger partial charge in [-0.1, -0.05) is 18.2 Å². The van der Waals surface area contributed by atoms with E-state index in [1.54, 1.807) is 18.5 Å². The van der Waals surface area contributed by atoms with Crippen molar-refractivity contribution in [2.24, 2.45) is 5.92 Å². The van der Waals surface area contributed by atoms with Crippen molar-refractivity contribution in [1.29, 1.82) is 0 Å². The van der Waals surface area contributed by atoms with Crippen LogP contribution in [0.1, 0.15) is 23.5 Å². The molecule has 2 N–H and O–H groups in total. The van der Waals surface area contributed by atoms with Gasteiger partial charge in [0.2, 0.25) is 5.91 Å². The summed E-state index contributed by atoms with van der Waals surface area (Å²) in [4.78, 5) is 16.0. The number of aromatic nitrogens is 1. The third-order valence-corrected chi connectivity index (χ3v) is 3.79. The van der Waals surface area contributed by atoms with Gasteiger partial charge in [0.25, 0.3) is 0 Å². The lowest BCUT2D eigenvalue weighted by Gasteiger charge is -2.14. The second-order valence-electron chi connectivity index (χ2n) is 5.39. The summed E-state index contributed by atoms with van der Waals surface area (Å²) in [6.07, 6.45) is -0.465. The highest BCUT2D eigenvalue weighted by Gasteiger charge is 2.44. The van der Waals surface area contributed by atoms with Crippen molar-refractivity contribution in [3.05, 3.63) is 59.9 Å². The summed E-state index contributed by atoms with van der Waals surface area (Å²) in [5.74, 6) is -0.496. The first kappa shape index (κ1) is 15.3. The number of halogens is 3. The Balaban J connectivity index is 1.61. The van der Waals surface area contributed by atoms with Gasteiger partial charge in [0.15, 0.2) is 0 Å². The number of alkyl halides is 3. The lowest BCUT2D eigenvalue weighted by Crippen LogP contribution is -2.32. The van der Waals surface area contributed by atoms with Crippen LogP contribution in [-0.2, 0) is 11.0 Å². The van der Waals surface area contributed by atoms with Crippen molar-refractivity contribution in [2.75, 3.05) is 5.43 Å². The number of rotatable bonds is 4. The van der Waals surface area contributed by atoms with Gasteiger partial charge in [0.05, 0.1) is 11.3 Å². The standard InChI is InChI=1S/C16H14F3N3O/c17-16(18,19)13-5-1-2-6-14(13)21-22-15(23)12-8-11(12)10-4-3-7-20-9-10/h1-7,9,11-12,21H,8H2,(H,22,23)/t11-,12-/m0/s1. The molecule has 0 radical (unpaired) electrons. The number of nitrogens with zero attached hydrogens (tertiary/aromatic N) is 1. The molecule has 7 heteroatoms. The lowest BCUT2D eigenvalue weighted by molar-refractivity contribution is -0.137. The minimum Gasteiger partial charge on any atom is -0.298 e. The Morgan fingerprint density at radius 3 is 2.65 bits per heavy atom. The Hall–Kier alpha value is -2.57. The molecular formula is C16H14F3N3O. The molecule has 1 saturated carbocycles. The van der Waals surface area contributed by atoms with Crippen LogP contribution in [0.2, 0.25) is 0 Å². The minimum atomic E-state index is -4.48. The van der Waals surface area contributed by atoms with Crippen LogP contribution < -0.4 is 10.9 Å². The molecule has 0 bridgehead atoms. The first-order valence-electron chi connectivity index (χ1n) is 7.09. The van der Waals surface area contributed by atoms with Crippen LogP contribution in [0, 0.1) is 5.92 Å². The molecule has 2 aromatic rings. The summed E-state index contributed by atoms with van der Waals surface area (Å²) < 4.78 is 38.6. The van der Waals surface area contributed by atoms with E-state index in [-0.39, 0.29) is 23.4 Å². The molecule has 0 aliphatic heterocycles. The molecule has 1 aliphatic rings. The molecule has 1 fully saturated rings. The van der Waals surface area contributed by atoms with E-state index in [1.165, 1.54) is 18.2 Å². The summed E-state index contributed by atoms with van der Waals surface area (Å²) in [7, 11) is 0.